The van der Waals surface area contributed by atoms with Gasteiger partial charge in [0.15, 0.2) is 0 Å². The molecule has 0 unspecified atom stereocenters. The average molecular weight is 424 g/mol. The van der Waals surface area contributed by atoms with Crippen LogP contribution in [-0.4, -0.2) is 22.8 Å². The summed E-state index contributed by atoms with van der Waals surface area (Å²) >= 11 is 0. The summed E-state index contributed by atoms with van der Waals surface area (Å²) < 4.78 is 0. The van der Waals surface area contributed by atoms with E-state index >= 15 is 0 Å². The fourth-order valence-electron chi connectivity index (χ4n) is 9.05. The minimum atomic E-state index is 0.208. The van der Waals surface area contributed by atoms with E-state index in [1.807, 2.05) is 0 Å². The largest absolute Gasteiger partial charge is 0.396 e. The molecular weight excluding hydrogens is 378 g/mol. The van der Waals surface area contributed by atoms with Gasteiger partial charge in [-0.15, -0.1) is 0 Å². The number of rotatable bonds is 5. The maximum absolute atomic E-state index is 9.56. The Bertz CT molecular complexity index is 838. The summed E-state index contributed by atoms with van der Waals surface area (Å²) in [5.41, 5.74) is 7.56. The van der Waals surface area contributed by atoms with Crippen molar-refractivity contribution in [2.45, 2.75) is 116 Å². The number of hydrogen-bond acceptors (Lipinski definition) is 2. The van der Waals surface area contributed by atoms with Crippen molar-refractivity contribution in [2.24, 2.45) is 22.7 Å². The molecule has 0 spiro atoms. The maximum Gasteiger partial charge on any atom is 0.0431 e. The molecule has 2 heterocycles. The smallest absolute Gasteiger partial charge is 0.0431 e. The molecule has 6 atom stereocenters. The lowest BCUT2D eigenvalue weighted by Crippen LogP contribution is -2.72. The lowest BCUT2D eigenvalue weighted by molar-refractivity contribution is -0.0363. The number of nitrogens with one attached hydrogen (secondary N) is 1. The molecule has 2 aliphatic heterocycles. The fraction of sp³-hybridized carbons (Fsp3) is 0.793. The fourth-order valence-corrected chi connectivity index (χ4v) is 9.05. The Balaban J connectivity index is 1.48. The molecule has 0 amide bonds. The highest BCUT2D eigenvalue weighted by atomic mass is 16.2. The molecule has 2 bridgehead atoms. The Morgan fingerprint density at radius 3 is 2.65 bits per heavy atom. The van der Waals surface area contributed by atoms with Crippen LogP contribution in [0.5, 0.6) is 0 Å². The van der Waals surface area contributed by atoms with Gasteiger partial charge in [0, 0.05) is 17.7 Å². The molecule has 5 aliphatic rings. The highest BCUT2D eigenvalue weighted by Crippen LogP contribution is 2.65. The van der Waals surface area contributed by atoms with Crippen LogP contribution < -0.4 is 5.32 Å². The second-order valence-electron chi connectivity index (χ2n) is 12.6. The minimum Gasteiger partial charge on any atom is -0.396 e. The zero-order valence-corrected chi connectivity index (χ0v) is 20.6. The molecule has 2 saturated heterocycles. The van der Waals surface area contributed by atoms with Crippen molar-refractivity contribution in [3.8, 4) is 0 Å². The van der Waals surface area contributed by atoms with Crippen LogP contribution >= 0.6 is 0 Å². The van der Waals surface area contributed by atoms with E-state index in [1.54, 1.807) is 16.7 Å². The van der Waals surface area contributed by atoms with Gasteiger partial charge in [-0.2, -0.15) is 0 Å². The van der Waals surface area contributed by atoms with Gasteiger partial charge < -0.3 is 10.4 Å². The summed E-state index contributed by atoms with van der Waals surface area (Å²) in [5, 5.41) is 14.0. The Labute approximate surface area is 190 Å². The summed E-state index contributed by atoms with van der Waals surface area (Å²) in [7, 11) is 0. The summed E-state index contributed by atoms with van der Waals surface area (Å²) in [6.45, 7) is 14.4. The molecule has 4 fully saturated rings. The summed E-state index contributed by atoms with van der Waals surface area (Å²) in [6, 6.07) is 0. The van der Waals surface area contributed by atoms with Crippen molar-refractivity contribution < 1.29 is 5.11 Å². The highest BCUT2D eigenvalue weighted by molar-refractivity contribution is 5.44. The maximum atomic E-state index is 9.56. The zero-order chi connectivity index (χ0) is 22.1. The van der Waals surface area contributed by atoms with Gasteiger partial charge >= 0.3 is 0 Å². The lowest BCUT2D eigenvalue weighted by Gasteiger charge is -2.63. The van der Waals surface area contributed by atoms with Gasteiger partial charge in [-0.3, -0.25) is 0 Å². The molecule has 0 radical (unpaired) electrons. The van der Waals surface area contributed by atoms with E-state index in [2.05, 4.69) is 45.7 Å². The monoisotopic (exact) mass is 423 g/mol. The van der Waals surface area contributed by atoms with E-state index in [1.165, 1.54) is 76.2 Å². The quantitative estimate of drug-likeness (QED) is 0.473. The standard InChI is InChI=1S/C29H45NO/c1-20(2)22-7-11-26(4)19-24(17-21(3)25(26)18-22)29-13-9-23-8-12-28(14-15-29,10-6-16-31)27(23,5)30-29/h17,22-23,30-31H,1,6-16,18-19H2,2-5H3/t22-,23+,26+,27-,28-,29+/m1/s1. The highest BCUT2D eigenvalue weighted by Gasteiger charge is 2.64. The van der Waals surface area contributed by atoms with Crippen LogP contribution in [0.4, 0.5) is 0 Å². The van der Waals surface area contributed by atoms with Crippen LogP contribution in [0.15, 0.2) is 34.9 Å². The molecule has 5 rings (SSSR count). The Hall–Kier alpha value is -0.860. The predicted octanol–water partition coefficient (Wildman–Crippen LogP) is 6.86. The second kappa shape index (κ2) is 7.32. The molecule has 0 aromatic carbocycles. The number of aliphatic hydroxyl groups excluding tert-OH is 1. The molecule has 0 aromatic rings. The first-order chi connectivity index (χ1) is 14.7. The van der Waals surface area contributed by atoms with Crippen molar-refractivity contribution in [3.63, 3.8) is 0 Å². The van der Waals surface area contributed by atoms with Crippen LogP contribution in [0, 0.1) is 22.7 Å². The minimum absolute atomic E-state index is 0.208. The van der Waals surface area contributed by atoms with Gasteiger partial charge in [0.1, 0.15) is 0 Å². The van der Waals surface area contributed by atoms with Gasteiger partial charge in [-0.1, -0.05) is 36.3 Å². The van der Waals surface area contributed by atoms with Crippen molar-refractivity contribution in [2.75, 3.05) is 6.61 Å². The Morgan fingerprint density at radius 1 is 1.13 bits per heavy atom. The van der Waals surface area contributed by atoms with E-state index in [9.17, 15) is 5.11 Å². The predicted molar refractivity (Wildman–Crippen MR) is 130 cm³/mol. The third-order valence-corrected chi connectivity index (χ3v) is 11.1. The van der Waals surface area contributed by atoms with Gasteiger partial charge in [-0.25, -0.2) is 0 Å². The van der Waals surface area contributed by atoms with Crippen molar-refractivity contribution >= 4 is 0 Å². The van der Waals surface area contributed by atoms with Crippen LogP contribution in [0.25, 0.3) is 0 Å². The molecule has 0 aromatic heterocycles. The normalized spacial score (nSPS) is 46.5. The van der Waals surface area contributed by atoms with Crippen molar-refractivity contribution in [3.05, 3.63) is 34.9 Å². The molecule has 2 saturated carbocycles. The zero-order valence-electron chi connectivity index (χ0n) is 20.6. The SMILES string of the molecule is C=C(C)[C@@H]1CC[C@@]2(C)CC([C@]34CC[C@@H]5CC[C@](CCCO)(CC3)[C@]5(C)N4)=CC(C)=C2C1. The third kappa shape index (κ3) is 3.11. The summed E-state index contributed by atoms with van der Waals surface area (Å²) in [5.74, 6) is 1.50. The molecule has 2 heteroatoms. The van der Waals surface area contributed by atoms with Gasteiger partial charge in [0.2, 0.25) is 0 Å². The van der Waals surface area contributed by atoms with Gasteiger partial charge in [0.05, 0.1) is 0 Å². The van der Waals surface area contributed by atoms with E-state index < -0.39 is 0 Å². The summed E-state index contributed by atoms with van der Waals surface area (Å²) in [4.78, 5) is 0. The van der Waals surface area contributed by atoms with Crippen molar-refractivity contribution in [1.29, 1.82) is 0 Å². The summed E-state index contributed by atoms with van der Waals surface area (Å²) in [6.07, 6.45) is 17.9. The van der Waals surface area contributed by atoms with Gasteiger partial charge in [0.25, 0.3) is 0 Å². The molecule has 31 heavy (non-hydrogen) atoms. The topological polar surface area (TPSA) is 32.3 Å². The Morgan fingerprint density at radius 2 is 1.90 bits per heavy atom. The molecule has 3 aliphatic carbocycles. The molecule has 2 N–H and O–H groups in total. The van der Waals surface area contributed by atoms with Gasteiger partial charge in [-0.05, 0) is 126 Å². The number of allylic oxidation sites excluding steroid dienone is 4. The Kier molecular flexibility index (Phi) is 5.19. The first-order valence-electron chi connectivity index (χ1n) is 13.1. The van der Waals surface area contributed by atoms with E-state index in [-0.39, 0.29) is 11.1 Å². The number of fused-ring (bicyclic) bond motifs is 2. The first kappa shape index (κ1) is 22.0. The molecule has 2 nitrogen and oxygen atoms in total. The average Bonchev–Trinajstić information content (AvgIpc) is 3.06. The number of aliphatic hydroxyl groups is 1. The van der Waals surface area contributed by atoms with Crippen molar-refractivity contribution in [1.82, 2.24) is 5.32 Å². The third-order valence-electron chi connectivity index (χ3n) is 11.1. The molecular formula is C29H45NO. The van der Waals surface area contributed by atoms with Crippen LogP contribution in [-0.2, 0) is 0 Å². The molecule has 172 valence electrons. The van der Waals surface area contributed by atoms with E-state index in [4.69, 9.17) is 0 Å². The second-order valence-corrected chi connectivity index (χ2v) is 12.6. The first-order valence-corrected chi connectivity index (χ1v) is 13.1. The van der Waals surface area contributed by atoms with E-state index in [0.717, 1.165) is 12.3 Å². The van der Waals surface area contributed by atoms with Crippen LogP contribution in [0.3, 0.4) is 0 Å². The van der Waals surface area contributed by atoms with Crippen LogP contribution in [0.2, 0.25) is 0 Å². The lowest BCUT2D eigenvalue weighted by atomic mass is 9.52. The van der Waals surface area contributed by atoms with Crippen LogP contribution in [0.1, 0.15) is 105 Å². The van der Waals surface area contributed by atoms with E-state index in [0.29, 0.717) is 23.4 Å². The number of hydrogen-bond donors (Lipinski definition) is 2. The number of piperidine rings is 2.